The summed E-state index contributed by atoms with van der Waals surface area (Å²) in [4.78, 5) is 30.7. The van der Waals surface area contributed by atoms with Gasteiger partial charge in [0.15, 0.2) is 0 Å². The molecule has 0 aliphatic rings. The van der Waals surface area contributed by atoms with Crippen molar-refractivity contribution in [3.05, 3.63) is 93.3 Å². The summed E-state index contributed by atoms with van der Waals surface area (Å²) in [5.41, 5.74) is 3.49. The lowest BCUT2D eigenvalue weighted by Gasteiger charge is -2.12. The highest BCUT2D eigenvalue weighted by Crippen LogP contribution is 2.34. The molecule has 0 bridgehead atoms. The van der Waals surface area contributed by atoms with E-state index in [2.05, 4.69) is 4.98 Å². The van der Waals surface area contributed by atoms with Crippen LogP contribution < -0.4 is 10.2 Å². The average molecular weight is 442 g/mol. The molecule has 2 heterocycles. The van der Waals surface area contributed by atoms with E-state index in [1.54, 1.807) is 38.1 Å². The first-order valence-corrected chi connectivity index (χ1v) is 11.0. The number of thiazole rings is 1. The van der Waals surface area contributed by atoms with Gasteiger partial charge in [-0.3, -0.25) is 4.79 Å². The van der Waals surface area contributed by atoms with Gasteiger partial charge >= 0.3 is 5.97 Å². The third-order valence-electron chi connectivity index (χ3n) is 5.51. The van der Waals surface area contributed by atoms with Gasteiger partial charge in [0, 0.05) is 5.56 Å². The van der Waals surface area contributed by atoms with E-state index in [9.17, 15) is 9.59 Å². The number of hydrogen-bond acceptors (Lipinski definition) is 6. The maximum atomic E-state index is 13.4. The summed E-state index contributed by atoms with van der Waals surface area (Å²) >= 11 is 1.46. The molecular formula is C26H19NO4S. The van der Waals surface area contributed by atoms with Gasteiger partial charge in [-0.15, -0.1) is 11.3 Å². The summed E-state index contributed by atoms with van der Waals surface area (Å²) in [5.74, 6) is 0.392. The lowest BCUT2D eigenvalue weighted by atomic mass is 10.1. The molecule has 2 aromatic heterocycles. The zero-order chi connectivity index (χ0) is 22.4. The molecule has 32 heavy (non-hydrogen) atoms. The molecule has 0 aliphatic heterocycles. The Labute approximate surface area is 187 Å². The van der Waals surface area contributed by atoms with Crippen LogP contribution in [-0.4, -0.2) is 11.0 Å². The summed E-state index contributed by atoms with van der Waals surface area (Å²) in [6.07, 6.45) is 0. The van der Waals surface area contributed by atoms with Crippen molar-refractivity contribution in [3.63, 3.8) is 0 Å². The zero-order valence-electron chi connectivity index (χ0n) is 17.8. The Morgan fingerprint density at radius 1 is 0.969 bits per heavy atom. The van der Waals surface area contributed by atoms with Crippen LogP contribution in [0.4, 0.5) is 0 Å². The fourth-order valence-electron chi connectivity index (χ4n) is 3.78. The molecule has 3 aromatic carbocycles. The molecule has 5 rings (SSSR count). The maximum absolute atomic E-state index is 13.4. The SMILES string of the molecule is Cc1ccccc1C(=O)Oc1ccc2c(=O)c(-c3nc4ccccc4s3)c(C)oc2c1C. The molecule has 0 amide bonds. The second-order valence-corrected chi connectivity index (χ2v) is 8.65. The molecule has 0 saturated heterocycles. The first-order valence-electron chi connectivity index (χ1n) is 10.1. The van der Waals surface area contributed by atoms with Crippen molar-refractivity contribution in [2.75, 3.05) is 0 Å². The molecule has 0 atom stereocenters. The molecule has 6 heteroatoms. The second-order valence-electron chi connectivity index (χ2n) is 7.62. The van der Waals surface area contributed by atoms with E-state index in [0.29, 0.717) is 44.2 Å². The highest BCUT2D eigenvalue weighted by molar-refractivity contribution is 7.21. The van der Waals surface area contributed by atoms with Gasteiger partial charge in [-0.1, -0.05) is 30.3 Å². The lowest BCUT2D eigenvalue weighted by Crippen LogP contribution is -2.12. The van der Waals surface area contributed by atoms with E-state index in [-0.39, 0.29) is 5.43 Å². The van der Waals surface area contributed by atoms with E-state index >= 15 is 0 Å². The van der Waals surface area contributed by atoms with Gasteiger partial charge in [-0.2, -0.15) is 0 Å². The van der Waals surface area contributed by atoms with Crippen molar-refractivity contribution in [2.45, 2.75) is 20.8 Å². The Morgan fingerprint density at radius 3 is 2.50 bits per heavy atom. The minimum absolute atomic E-state index is 0.150. The van der Waals surface area contributed by atoms with Crippen LogP contribution >= 0.6 is 11.3 Å². The van der Waals surface area contributed by atoms with Gasteiger partial charge in [-0.25, -0.2) is 9.78 Å². The van der Waals surface area contributed by atoms with Crippen LogP contribution in [0.1, 0.15) is 27.2 Å². The number of hydrogen-bond donors (Lipinski definition) is 0. The predicted molar refractivity (Wildman–Crippen MR) is 127 cm³/mol. The maximum Gasteiger partial charge on any atom is 0.343 e. The predicted octanol–water partition coefficient (Wildman–Crippen LogP) is 6.21. The topological polar surface area (TPSA) is 69.4 Å². The van der Waals surface area contributed by atoms with Crippen LogP contribution in [0.25, 0.3) is 31.8 Å². The summed E-state index contributed by atoms with van der Waals surface area (Å²) in [6.45, 7) is 5.39. The van der Waals surface area contributed by atoms with Crippen LogP contribution in [0.15, 0.2) is 69.9 Å². The first-order chi connectivity index (χ1) is 15.4. The Balaban J connectivity index is 1.60. The highest BCUT2D eigenvalue weighted by atomic mass is 32.1. The number of carbonyl (C=O) groups excluding carboxylic acids is 1. The molecular weight excluding hydrogens is 422 g/mol. The third kappa shape index (κ3) is 3.29. The molecule has 0 N–H and O–H groups in total. The van der Waals surface area contributed by atoms with Crippen molar-refractivity contribution in [2.24, 2.45) is 0 Å². The summed E-state index contributed by atoms with van der Waals surface area (Å²) in [7, 11) is 0. The fourth-order valence-corrected chi connectivity index (χ4v) is 4.83. The van der Waals surface area contributed by atoms with E-state index in [1.807, 2.05) is 43.3 Å². The van der Waals surface area contributed by atoms with Gasteiger partial charge < -0.3 is 9.15 Å². The molecule has 0 unspecified atom stereocenters. The smallest absolute Gasteiger partial charge is 0.343 e. The Kier molecular flexibility index (Phi) is 4.87. The minimum atomic E-state index is -0.448. The summed E-state index contributed by atoms with van der Waals surface area (Å²) in [5, 5.41) is 1.06. The van der Waals surface area contributed by atoms with Crippen molar-refractivity contribution in [3.8, 4) is 16.3 Å². The Morgan fingerprint density at radius 2 is 1.72 bits per heavy atom. The molecule has 0 saturated carbocycles. The minimum Gasteiger partial charge on any atom is -0.460 e. The first kappa shape index (κ1) is 20.2. The third-order valence-corrected chi connectivity index (χ3v) is 6.56. The number of ether oxygens (including phenoxy) is 1. The Hall–Kier alpha value is -3.77. The van der Waals surface area contributed by atoms with Crippen LogP contribution in [0.5, 0.6) is 5.75 Å². The van der Waals surface area contributed by atoms with Crippen molar-refractivity contribution >= 4 is 38.5 Å². The van der Waals surface area contributed by atoms with E-state index in [4.69, 9.17) is 9.15 Å². The summed E-state index contributed by atoms with van der Waals surface area (Å²) < 4.78 is 12.7. The van der Waals surface area contributed by atoms with Gasteiger partial charge in [-0.05, 0) is 56.7 Å². The number of fused-ring (bicyclic) bond motifs is 2. The van der Waals surface area contributed by atoms with Gasteiger partial charge in [0.05, 0.1) is 26.7 Å². The molecule has 5 aromatic rings. The second kappa shape index (κ2) is 7.73. The quantitative estimate of drug-likeness (QED) is 0.246. The largest absolute Gasteiger partial charge is 0.460 e. The number of rotatable bonds is 3. The monoisotopic (exact) mass is 441 g/mol. The molecule has 0 radical (unpaired) electrons. The van der Waals surface area contributed by atoms with E-state index < -0.39 is 5.97 Å². The highest BCUT2D eigenvalue weighted by Gasteiger charge is 2.20. The van der Waals surface area contributed by atoms with Crippen LogP contribution in [0, 0.1) is 20.8 Å². The van der Waals surface area contributed by atoms with Crippen LogP contribution in [0.2, 0.25) is 0 Å². The zero-order valence-corrected chi connectivity index (χ0v) is 18.6. The van der Waals surface area contributed by atoms with Gasteiger partial charge in [0.2, 0.25) is 5.43 Å². The van der Waals surface area contributed by atoms with Crippen LogP contribution in [-0.2, 0) is 0 Å². The number of para-hydroxylation sites is 1. The van der Waals surface area contributed by atoms with E-state index in [0.717, 1.165) is 15.8 Å². The van der Waals surface area contributed by atoms with Gasteiger partial charge in [0.25, 0.3) is 0 Å². The number of carbonyl (C=O) groups is 1. The standard InChI is InChI=1S/C26H19NO4S/c1-14-8-4-5-9-17(14)26(29)31-20-13-12-18-23(28)22(16(3)30-24(18)15(20)2)25-27-19-10-6-7-11-21(19)32-25/h4-13H,1-3H3. The molecule has 0 spiro atoms. The van der Waals surface area contributed by atoms with Crippen molar-refractivity contribution < 1.29 is 13.9 Å². The number of nitrogens with zero attached hydrogens (tertiary/aromatic N) is 1. The Bertz CT molecular complexity index is 1550. The van der Waals surface area contributed by atoms with Crippen LogP contribution in [0.3, 0.4) is 0 Å². The number of aryl methyl sites for hydroxylation is 3. The normalized spacial score (nSPS) is 11.2. The van der Waals surface area contributed by atoms with E-state index in [1.165, 1.54) is 11.3 Å². The van der Waals surface area contributed by atoms with Gasteiger partial charge in [0.1, 0.15) is 22.1 Å². The number of esters is 1. The number of aromatic nitrogens is 1. The fraction of sp³-hybridized carbons (Fsp3) is 0.115. The lowest BCUT2D eigenvalue weighted by molar-refractivity contribution is 0.0733. The molecule has 5 nitrogen and oxygen atoms in total. The molecule has 0 fully saturated rings. The molecule has 0 aliphatic carbocycles. The number of benzene rings is 3. The van der Waals surface area contributed by atoms with Crippen molar-refractivity contribution in [1.82, 2.24) is 4.98 Å². The van der Waals surface area contributed by atoms with Crippen molar-refractivity contribution in [1.29, 1.82) is 0 Å². The summed E-state index contributed by atoms with van der Waals surface area (Å²) in [6, 6.07) is 18.3. The average Bonchev–Trinajstić information content (AvgIpc) is 3.20. The molecule has 158 valence electrons.